The molecule has 2 fully saturated rings. The lowest BCUT2D eigenvalue weighted by Crippen LogP contribution is -2.47. The third kappa shape index (κ3) is 2.37. The van der Waals surface area contributed by atoms with Crippen LogP contribution in [0.1, 0.15) is 28.9 Å². The maximum absolute atomic E-state index is 13.1. The smallest absolute Gasteiger partial charge is 0.256 e. The van der Waals surface area contributed by atoms with E-state index in [1.807, 2.05) is 30.0 Å². The molecule has 2 aromatic rings. The first-order valence-corrected chi connectivity index (χ1v) is 8.36. The number of likely N-dealkylation sites (tertiary alicyclic amines) is 1. The van der Waals surface area contributed by atoms with Crippen LogP contribution in [-0.2, 0) is 9.47 Å². The number of aryl methyl sites for hydroxylation is 1. The van der Waals surface area contributed by atoms with Gasteiger partial charge in [0.2, 0.25) is 0 Å². The molecular formula is C18H22N2O4. The van der Waals surface area contributed by atoms with E-state index in [9.17, 15) is 4.79 Å². The molecule has 1 spiro atoms. The van der Waals surface area contributed by atoms with E-state index in [0.29, 0.717) is 26.3 Å². The molecule has 1 amide bonds. The Morgan fingerprint density at radius 3 is 2.62 bits per heavy atom. The molecule has 3 heterocycles. The summed E-state index contributed by atoms with van der Waals surface area (Å²) in [6, 6.07) is 5.77. The number of benzene rings is 1. The number of aromatic nitrogens is 1. The molecule has 0 saturated carbocycles. The van der Waals surface area contributed by atoms with E-state index in [1.165, 1.54) is 0 Å². The maximum atomic E-state index is 13.1. The summed E-state index contributed by atoms with van der Waals surface area (Å²) >= 11 is 0. The van der Waals surface area contributed by atoms with E-state index >= 15 is 0 Å². The van der Waals surface area contributed by atoms with Crippen molar-refractivity contribution in [3.05, 3.63) is 29.5 Å². The number of carbonyl (C=O) groups is 1. The van der Waals surface area contributed by atoms with Gasteiger partial charge in [0.05, 0.1) is 31.4 Å². The number of piperidine rings is 1. The third-order valence-electron chi connectivity index (χ3n) is 5.04. The molecule has 0 atom stereocenters. The molecule has 1 N–H and O–H groups in total. The second-order valence-corrected chi connectivity index (χ2v) is 6.41. The summed E-state index contributed by atoms with van der Waals surface area (Å²) in [5.41, 5.74) is 2.47. The van der Waals surface area contributed by atoms with Gasteiger partial charge in [0.1, 0.15) is 5.75 Å². The summed E-state index contributed by atoms with van der Waals surface area (Å²) in [5, 5.41) is 0.908. The van der Waals surface area contributed by atoms with Crippen LogP contribution >= 0.6 is 0 Å². The fourth-order valence-electron chi connectivity index (χ4n) is 3.76. The number of nitrogens with zero attached hydrogens (tertiary/aromatic N) is 1. The summed E-state index contributed by atoms with van der Waals surface area (Å²) in [6.07, 6.45) is 1.45. The number of para-hydroxylation sites is 1. The Bertz CT molecular complexity index is 767. The predicted octanol–water partition coefficient (Wildman–Crippen LogP) is 2.46. The molecule has 0 unspecified atom stereocenters. The first kappa shape index (κ1) is 15.5. The molecule has 24 heavy (non-hydrogen) atoms. The highest BCUT2D eigenvalue weighted by Gasteiger charge is 2.41. The first-order chi connectivity index (χ1) is 11.6. The number of rotatable bonds is 2. The van der Waals surface area contributed by atoms with Crippen LogP contribution in [0.3, 0.4) is 0 Å². The van der Waals surface area contributed by atoms with Gasteiger partial charge in [0.25, 0.3) is 5.91 Å². The molecule has 6 heteroatoms. The number of hydrogen-bond acceptors (Lipinski definition) is 4. The number of carbonyl (C=O) groups excluding carboxylic acids is 1. The molecule has 2 saturated heterocycles. The SMILES string of the molecule is COc1cccc2c(C(=O)N3CCC4(CC3)OCCO4)c(C)[nH]c12. The zero-order valence-electron chi connectivity index (χ0n) is 14.1. The first-order valence-electron chi connectivity index (χ1n) is 8.36. The number of amides is 1. The van der Waals surface area contributed by atoms with Crippen molar-refractivity contribution in [1.29, 1.82) is 0 Å². The van der Waals surface area contributed by atoms with Crippen molar-refractivity contribution in [3.8, 4) is 5.75 Å². The Morgan fingerprint density at radius 2 is 1.96 bits per heavy atom. The minimum absolute atomic E-state index is 0.0554. The van der Waals surface area contributed by atoms with Gasteiger partial charge in [-0.3, -0.25) is 4.79 Å². The Labute approximate surface area is 140 Å². The number of methoxy groups -OCH3 is 1. The molecule has 4 rings (SSSR count). The van der Waals surface area contributed by atoms with Crippen LogP contribution in [-0.4, -0.2) is 55.0 Å². The minimum atomic E-state index is -0.463. The highest BCUT2D eigenvalue weighted by molar-refractivity contribution is 6.09. The van der Waals surface area contributed by atoms with E-state index in [-0.39, 0.29) is 5.91 Å². The molecule has 6 nitrogen and oxygen atoms in total. The lowest BCUT2D eigenvalue weighted by atomic mass is 10.0. The molecule has 1 aromatic heterocycles. The third-order valence-corrected chi connectivity index (χ3v) is 5.04. The van der Waals surface area contributed by atoms with Crippen LogP contribution in [0.25, 0.3) is 10.9 Å². The lowest BCUT2D eigenvalue weighted by molar-refractivity contribution is -0.181. The Balaban J connectivity index is 1.61. The van der Waals surface area contributed by atoms with Gasteiger partial charge in [0.15, 0.2) is 5.79 Å². The van der Waals surface area contributed by atoms with E-state index < -0.39 is 5.79 Å². The summed E-state index contributed by atoms with van der Waals surface area (Å²) in [6.45, 7) is 4.52. The molecule has 128 valence electrons. The predicted molar refractivity (Wildman–Crippen MR) is 89.4 cm³/mol. The molecular weight excluding hydrogens is 308 g/mol. The van der Waals surface area contributed by atoms with Crippen LogP contribution in [0.15, 0.2) is 18.2 Å². The number of aromatic amines is 1. The van der Waals surface area contributed by atoms with E-state index in [1.54, 1.807) is 7.11 Å². The molecule has 1 aromatic carbocycles. The van der Waals surface area contributed by atoms with E-state index in [4.69, 9.17) is 14.2 Å². The summed E-state index contributed by atoms with van der Waals surface area (Å²) in [7, 11) is 1.64. The number of ether oxygens (including phenoxy) is 3. The van der Waals surface area contributed by atoms with Crippen molar-refractivity contribution in [2.45, 2.75) is 25.6 Å². The van der Waals surface area contributed by atoms with Crippen LogP contribution in [0, 0.1) is 6.92 Å². The second-order valence-electron chi connectivity index (χ2n) is 6.41. The number of hydrogen-bond donors (Lipinski definition) is 1. The largest absolute Gasteiger partial charge is 0.495 e. The second kappa shape index (κ2) is 5.79. The topological polar surface area (TPSA) is 63.8 Å². The van der Waals surface area contributed by atoms with Gasteiger partial charge in [0, 0.05) is 37.0 Å². The molecule has 0 aliphatic carbocycles. The zero-order valence-corrected chi connectivity index (χ0v) is 14.1. The fraction of sp³-hybridized carbons (Fsp3) is 0.500. The van der Waals surface area contributed by atoms with Gasteiger partial charge < -0.3 is 24.1 Å². The Morgan fingerprint density at radius 1 is 1.25 bits per heavy atom. The molecule has 0 radical (unpaired) electrons. The highest BCUT2D eigenvalue weighted by Crippen LogP contribution is 2.34. The minimum Gasteiger partial charge on any atom is -0.495 e. The fourth-order valence-corrected chi connectivity index (χ4v) is 3.76. The van der Waals surface area contributed by atoms with Crippen molar-refractivity contribution in [2.24, 2.45) is 0 Å². The van der Waals surface area contributed by atoms with E-state index in [0.717, 1.165) is 40.8 Å². The quantitative estimate of drug-likeness (QED) is 0.919. The highest BCUT2D eigenvalue weighted by atomic mass is 16.7. The molecule has 0 bridgehead atoms. The number of fused-ring (bicyclic) bond motifs is 1. The monoisotopic (exact) mass is 330 g/mol. The Hall–Kier alpha value is -2.05. The van der Waals surface area contributed by atoms with Gasteiger partial charge in [-0.05, 0) is 13.0 Å². The lowest BCUT2D eigenvalue weighted by Gasteiger charge is -2.37. The van der Waals surface area contributed by atoms with Crippen molar-refractivity contribution in [1.82, 2.24) is 9.88 Å². The molecule has 2 aliphatic rings. The summed E-state index contributed by atoms with van der Waals surface area (Å²) < 4.78 is 16.9. The van der Waals surface area contributed by atoms with Gasteiger partial charge in [-0.1, -0.05) is 12.1 Å². The van der Waals surface area contributed by atoms with Crippen LogP contribution in [0.5, 0.6) is 5.75 Å². The average Bonchev–Trinajstić information content (AvgIpc) is 3.18. The van der Waals surface area contributed by atoms with Gasteiger partial charge in [-0.25, -0.2) is 0 Å². The number of nitrogens with one attached hydrogen (secondary N) is 1. The van der Waals surface area contributed by atoms with Crippen molar-refractivity contribution in [3.63, 3.8) is 0 Å². The van der Waals surface area contributed by atoms with Crippen LogP contribution < -0.4 is 4.74 Å². The summed E-state index contributed by atoms with van der Waals surface area (Å²) in [5.74, 6) is 0.342. The van der Waals surface area contributed by atoms with Crippen molar-refractivity contribution < 1.29 is 19.0 Å². The van der Waals surface area contributed by atoms with Crippen molar-refractivity contribution >= 4 is 16.8 Å². The Kier molecular flexibility index (Phi) is 3.73. The standard InChI is InChI=1S/C18H22N2O4/c1-12-15(13-4-3-5-14(22-2)16(13)19-12)17(21)20-8-6-18(7-9-20)23-10-11-24-18/h3-5,19H,6-11H2,1-2H3. The van der Waals surface area contributed by atoms with E-state index in [2.05, 4.69) is 4.98 Å². The number of H-pyrrole nitrogens is 1. The van der Waals surface area contributed by atoms with Gasteiger partial charge >= 0.3 is 0 Å². The van der Waals surface area contributed by atoms with Crippen molar-refractivity contribution in [2.75, 3.05) is 33.4 Å². The zero-order chi connectivity index (χ0) is 16.7. The summed E-state index contributed by atoms with van der Waals surface area (Å²) in [4.78, 5) is 18.3. The maximum Gasteiger partial charge on any atom is 0.256 e. The van der Waals surface area contributed by atoms with Gasteiger partial charge in [-0.2, -0.15) is 0 Å². The van der Waals surface area contributed by atoms with Crippen LogP contribution in [0.4, 0.5) is 0 Å². The molecule has 2 aliphatic heterocycles. The van der Waals surface area contributed by atoms with Gasteiger partial charge in [-0.15, -0.1) is 0 Å². The average molecular weight is 330 g/mol. The normalized spacial score (nSPS) is 20.0. The van der Waals surface area contributed by atoms with Crippen LogP contribution in [0.2, 0.25) is 0 Å².